The highest BCUT2D eigenvalue weighted by Gasteiger charge is 2.40. The van der Waals surface area contributed by atoms with E-state index in [-0.39, 0.29) is 12.0 Å². The number of methoxy groups -OCH3 is 1. The van der Waals surface area contributed by atoms with Crippen molar-refractivity contribution in [2.24, 2.45) is 0 Å². The zero-order chi connectivity index (χ0) is 24.2. The Kier molecular flexibility index (Phi) is 6.72. The molecule has 0 saturated heterocycles. The number of esters is 1. The summed E-state index contributed by atoms with van der Waals surface area (Å²) in [4.78, 5) is 38.1. The Morgan fingerprint density at radius 1 is 0.882 bits per heavy atom. The molecule has 1 aliphatic carbocycles. The van der Waals surface area contributed by atoms with Gasteiger partial charge in [0.05, 0.1) is 7.11 Å². The van der Waals surface area contributed by atoms with Gasteiger partial charge in [-0.3, -0.25) is 9.59 Å². The van der Waals surface area contributed by atoms with Gasteiger partial charge >= 0.3 is 5.97 Å². The third-order valence-electron chi connectivity index (χ3n) is 6.04. The Morgan fingerprint density at radius 2 is 1.44 bits per heavy atom. The summed E-state index contributed by atoms with van der Waals surface area (Å²) in [5, 5.41) is 5.36. The lowest BCUT2D eigenvalue weighted by molar-refractivity contribution is -0.145. The van der Waals surface area contributed by atoms with E-state index in [1.54, 1.807) is 18.2 Å². The van der Waals surface area contributed by atoms with Gasteiger partial charge in [-0.15, -0.1) is 0 Å². The van der Waals surface area contributed by atoms with Crippen molar-refractivity contribution in [3.05, 3.63) is 95.3 Å². The summed E-state index contributed by atoms with van der Waals surface area (Å²) in [7, 11) is 1.26. The second-order valence-electron chi connectivity index (χ2n) is 8.21. The molecule has 6 nitrogen and oxygen atoms in total. The first-order valence-electron chi connectivity index (χ1n) is 11.0. The van der Waals surface area contributed by atoms with Crippen LogP contribution in [0.25, 0.3) is 11.1 Å². The monoisotopic (exact) mass is 460 g/mol. The fourth-order valence-corrected chi connectivity index (χ4v) is 4.55. The molecule has 0 bridgehead atoms. The molecular formula is C27H25FN2O4. The van der Waals surface area contributed by atoms with Gasteiger partial charge < -0.3 is 15.4 Å². The first-order valence-corrected chi connectivity index (χ1v) is 11.0. The standard InChI is InChI=1S/C27H25FN2O4/c1-16(31)29-23(15-17-9-3-8-14-22(17)28)26(32)30-25(27(33)34-2)24-20-12-6-4-10-18(20)19-11-5-7-13-21(19)24/h3-14,23-25H,15H2,1-2H3,(H,29,31)(H,30,32)/t23-,25+/m0/s1. The second kappa shape index (κ2) is 9.87. The van der Waals surface area contributed by atoms with E-state index in [2.05, 4.69) is 10.6 Å². The van der Waals surface area contributed by atoms with Crippen molar-refractivity contribution >= 4 is 17.8 Å². The molecule has 0 unspecified atom stereocenters. The fraction of sp³-hybridized carbons (Fsp3) is 0.222. The molecule has 0 saturated carbocycles. The lowest BCUT2D eigenvalue weighted by Crippen LogP contribution is -2.54. The average Bonchev–Trinajstić information content (AvgIpc) is 3.17. The largest absolute Gasteiger partial charge is 0.467 e. The number of nitrogens with one attached hydrogen (secondary N) is 2. The summed E-state index contributed by atoms with van der Waals surface area (Å²) in [6.45, 7) is 1.28. The second-order valence-corrected chi connectivity index (χ2v) is 8.21. The van der Waals surface area contributed by atoms with E-state index in [0.29, 0.717) is 0 Å². The minimum absolute atomic E-state index is 0.0657. The smallest absolute Gasteiger partial charge is 0.329 e. The van der Waals surface area contributed by atoms with Crippen molar-refractivity contribution in [3.8, 4) is 11.1 Å². The topological polar surface area (TPSA) is 84.5 Å². The van der Waals surface area contributed by atoms with Crippen LogP contribution in [0.2, 0.25) is 0 Å². The quantitative estimate of drug-likeness (QED) is 0.530. The number of amides is 2. The SMILES string of the molecule is COC(=O)[C@H](NC(=O)[C@H](Cc1ccccc1F)NC(C)=O)C1c2ccccc2-c2ccccc21. The summed E-state index contributed by atoms with van der Waals surface area (Å²) in [5.74, 6) is -2.61. The van der Waals surface area contributed by atoms with Gasteiger partial charge in [0.15, 0.2) is 0 Å². The average molecular weight is 461 g/mol. The van der Waals surface area contributed by atoms with E-state index >= 15 is 0 Å². The van der Waals surface area contributed by atoms with E-state index in [9.17, 15) is 18.8 Å². The van der Waals surface area contributed by atoms with Crippen LogP contribution in [0.1, 0.15) is 29.5 Å². The van der Waals surface area contributed by atoms with Gasteiger partial charge in [-0.1, -0.05) is 66.7 Å². The molecule has 0 heterocycles. The number of rotatable bonds is 7. The van der Waals surface area contributed by atoms with E-state index in [1.165, 1.54) is 20.1 Å². The number of benzene rings is 3. The number of carbonyl (C=O) groups excluding carboxylic acids is 3. The van der Waals surface area contributed by atoms with Crippen LogP contribution in [0.4, 0.5) is 4.39 Å². The van der Waals surface area contributed by atoms with Crippen molar-refractivity contribution in [1.82, 2.24) is 10.6 Å². The van der Waals surface area contributed by atoms with Gasteiger partial charge in [0, 0.05) is 19.3 Å². The number of halogens is 1. The van der Waals surface area contributed by atoms with Crippen LogP contribution in [0, 0.1) is 5.82 Å². The minimum atomic E-state index is -1.08. The lowest BCUT2D eigenvalue weighted by Gasteiger charge is -2.27. The molecule has 0 aliphatic heterocycles. The molecule has 0 radical (unpaired) electrons. The van der Waals surface area contributed by atoms with Gasteiger partial charge in [0.1, 0.15) is 17.9 Å². The van der Waals surface area contributed by atoms with Crippen LogP contribution in [0.15, 0.2) is 72.8 Å². The van der Waals surface area contributed by atoms with Crippen LogP contribution >= 0.6 is 0 Å². The molecule has 0 fully saturated rings. The summed E-state index contributed by atoms with van der Waals surface area (Å²) >= 11 is 0. The molecule has 2 N–H and O–H groups in total. The predicted molar refractivity (Wildman–Crippen MR) is 125 cm³/mol. The molecule has 174 valence electrons. The summed E-state index contributed by atoms with van der Waals surface area (Å²) in [5.41, 5.74) is 4.03. The van der Waals surface area contributed by atoms with Crippen LogP contribution < -0.4 is 10.6 Å². The van der Waals surface area contributed by atoms with Gasteiger partial charge in [-0.25, -0.2) is 9.18 Å². The van der Waals surface area contributed by atoms with E-state index in [4.69, 9.17) is 4.74 Å². The molecule has 4 rings (SSSR count). The third kappa shape index (κ3) is 4.55. The highest BCUT2D eigenvalue weighted by Crippen LogP contribution is 2.46. The maximum absolute atomic E-state index is 14.3. The first-order chi connectivity index (χ1) is 16.4. The van der Waals surface area contributed by atoms with Crippen LogP contribution in [0.3, 0.4) is 0 Å². The summed E-state index contributed by atoms with van der Waals surface area (Å²) in [6.07, 6.45) is -0.0657. The first kappa shape index (κ1) is 23.2. The number of carbonyl (C=O) groups is 3. The third-order valence-corrected chi connectivity index (χ3v) is 6.04. The van der Waals surface area contributed by atoms with Crippen LogP contribution in [-0.4, -0.2) is 37.0 Å². The molecular weight excluding hydrogens is 435 g/mol. The van der Waals surface area contributed by atoms with Crippen LogP contribution in [-0.2, 0) is 25.5 Å². The Bertz CT molecular complexity index is 1200. The van der Waals surface area contributed by atoms with Crippen molar-refractivity contribution in [2.75, 3.05) is 7.11 Å². The fourth-order valence-electron chi connectivity index (χ4n) is 4.55. The summed E-state index contributed by atoms with van der Waals surface area (Å²) in [6, 6.07) is 19.3. The zero-order valence-electron chi connectivity index (χ0n) is 18.9. The van der Waals surface area contributed by atoms with Gasteiger partial charge in [0.2, 0.25) is 11.8 Å². The van der Waals surface area contributed by atoms with Gasteiger partial charge in [-0.2, -0.15) is 0 Å². The number of ether oxygens (including phenoxy) is 1. The molecule has 7 heteroatoms. The van der Waals surface area contributed by atoms with Gasteiger partial charge in [0.25, 0.3) is 0 Å². The summed E-state index contributed by atoms with van der Waals surface area (Å²) < 4.78 is 19.3. The molecule has 34 heavy (non-hydrogen) atoms. The van der Waals surface area contributed by atoms with Crippen molar-refractivity contribution in [1.29, 1.82) is 0 Å². The lowest BCUT2D eigenvalue weighted by atomic mass is 9.89. The number of fused-ring (bicyclic) bond motifs is 3. The van der Waals surface area contributed by atoms with E-state index in [1.807, 2.05) is 48.5 Å². The minimum Gasteiger partial charge on any atom is -0.467 e. The van der Waals surface area contributed by atoms with Crippen molar-refractivity contribution in [2.45, 2.75) is 31.3 Å². The number of hydrogen-bond donors (Lipinski definition) is 2. The molecule has 3 aromatic rings. The van der Waals surface area contributed by atoms with E-state index in [0.717, 1.165) is 22.3 Å². The zero-order valence-corrected chi connectivity index (χ0v) is 18.9. The molecule has 0 aromatic heterocycles. The molecule has 2 atom stereocenters. The predicted octanol–water partition coefficient (Wildman–Crippen LogP) is 3.34. The van der Waals surface area contributed by atoms with Crippen LogP contribution in [0.5, 0.6) is 0 Å². The van der Waals surface area contributed by atoms with E-state index < -0.39 is 41.6 Å². The van der Waals surface area contributed by atoms with Gasteiger partial charge in [-0.05, 0) is 33.9 Å². The maximum atomic E-state index is 14.3. The highest BCUT2D eigenvalue weighted by atomic mass is 19.1. The highest BCUT2D eigenvalue weighted by molar-refractivity contribution is 5.92. The molecule has 2 amide bonds. The molecule has 3 aromatic carbocycles. The van der Waals surface area contributed by atoms with Crippen molar-refractivity contribution < 1.29 is 23.5 Å². The Balaban J connectivity index is 1.68. The maximum Gasteiger partial charge on any atom is 0.329 e. The normalized spacial score (nSPS) is 13.9. The molecule has 0 spiro atoms. The molecule has 1 aliphatic rings. The van der Waals surface area contributed by atoms with Crippen molar-refractivity contribution in [3.63, 3.8) is 0 Å². The Hall–Kier alpha value is -4.00. The Morgan fingerprint density at radius 3 is 2.00 bits per heavy atom. The Labute approximate surface area is 197 Å². The number of hydrogen-bond acceptors (Lipinski definition) is 4.